The number of nitrogens with two attached hydrogens (primary N) is 1. The first-order valence-corrected chi connectivity index (χ1v) is 6.45. The van der Waals surface area contributed by atoms with Gasteiger partial charge >= 0.3 is 0 Å². The number of nitrogens with one attached hydrogen (secondary N) is 1. The number of fused-ring (bicyclic) bond motifs is 1. The van der Waals surface area contributed by atoms with Gasteiger partial charge in [0.25, 0.3) is 0 Å². The molecule has 20 heavy (non-hydrogen) atoms. The van der Waals surface area contributed by atoms with E-state index in [9.17, 15) is 4.79 Å². The zero-order valence-corrected chi connectivity index (χ0v) is 12.0. The molecule has 110 valence electrons. The average molecular weight is 280 g/mol. The van der Waals surface area contributed by atoms with Crippen LogP contribution in [-0.4, -0.2) is 31.8 Å². The van der Waals surface area contributed by atoms with Crippen LogP contribution in [0.2, 0.25) is 0 Å². The van der Waals surface area contributed by atoms with Crippen molar-refractivity contribution in [2.24, 2.45) is 0 Å². The van der Waals surface area contributed by atoms with Gasteiger partial charge in [0.15, 0.2) is 11.5 Å². The van der Waals surface area contributed by atoms with Gasteiger partial charge in [-0.3, -0.25) is 4.79 Å². The Hall–Kier alpha value is -1.95. The second-order valence-electron chi connectivity index (χ2n) is 5.27. The highest BCUT2D eigenvalue weighted by Gasteiger charge is 2.22. The van der Waals surface area contributed by atoms with Crippen molar-refractivity contribution >= 4 is 17.3 Å². The van der Waals surface area contributed by atoms with Crippen LogP contribution >= 0.6 is 0 Å². The fraction of sp³-hybridized carbons (Fsp3) is 0.500. The monoisotopic (exact) mass is 280 g/mol. The summed E-state index contributed by atoms with van der Waals surface area (Å²) in [7, 11) is 1.58. The Balaban J connectivity index is 2.11. The van der Waals surface area contributed by atoms with Crippen LogP contribution in [0.1, 0.15) is 20.3 Å². The Kier molecular flexibility index (Phi) is 4.04. The summed E-state index contributed by atoms with van der Waals surface area (Å²) in [5.74, 6) is 1.02. The lowest BCUT2D eigenvalue weighted by molar-refractivity contribution is -0.121. The molecular formula is C14H20N2O4. The van der Waals surface area contributed by atoms with Crippen molar-refractivity contribution < 1.29 is 19.0 Å². The predicted octanol–water partition coefficient (Wildman–Crippen LogP) is 1.79. The summed E-state index contributed by atoms with van der Waals surface area (Å²) < 4.78 is 16.1. The van der Waals surface area contributed by atoms with E-state index >= 15 is 0 Å². The van der Waals surface area contributed by atoms with E-state index in [1.807, 2.05) is 13.8 Å². The Morgan fingerprint density at radius 3 is 2.55 bits per heavy atom. The highest BCUT2D eigenvalue weighted by atomic mass is 16.6. The van der Waals surface area contributed by atoms with E-state index in [0.29, 0.717) is 36.1 Å². The van der Waals surface area contributed by atoms with Gasteiger partial charge in [-0.25, -0.2) is 0 Å². The van der Waals surface area contributed by atoms with E-state index in [2.05, 4.69) is 5.32 Å². The molecule has 0 atom stereocenters. The number of methoxy groups -OCH3 is 1. The summed E-state index contributed by atoms with van der Waals surface area (Å²) in [6.45, 7) is 4.68. The third-order valence-corrected chi connectivity index (χ3v) is 3.13. The highest BCUT2D eigenvalue weighted by molar-refractivity contribution is 5.95. The molecule has 1 amide bonds. The molecule has 0 spiro atoms. The summed E-state index contributed by atoms with van der Waals surface area (Å²) >= 11 is 0. The van der Waals surface area contributed by atoms with E-state index in [0.717, 1.165) is 0 Å². The number of anilines is 2. The predicted molar refractivity (Wildman–Crippen MR) is 76.2 cm³/mol. The van der Waals surface area contributed by atoms with Gasteiger partial charge in [0.2, 0.25) is 5.91 Å². The quantitative estimate of drug-likeness (QED) is 0.822. The van der Waals surface area contributed by atoms with Crippen molar-refractivity contribution in [2.75, 3.05) is 31.4 Å². The number of amides is 1. The van der Waals surface area contributed by atoms with Gasteiger partial charge in [-0.1, -0.05) is 0 Å². The van der Waals surface area contributed by atoms with E-state index in [4.69, 9.17) is 19.9 Å². The maximum Gasteiger partial charge on any atom is 0.227 e. The zero-order chi connectivity index (χ0) is 14.8. The van der Waals surface area contributed by atoms with Crippen molar-refractivity contribution in [2.45, 2.75) is 25.9 Å². The highest BCUT2D eigenvalue weighted by Crippen LogP contribution is 2.37. The molecule has 0 aliphatic carbocycles. The van der Waals surface area contributed by atoms with Gasteiger partial charge in [-0.2, -0.15) is 0 Å². The van der Waals surface area contributed by atoms with Crippen molar-refractivity contribution in [3.8, 4) is 11.5 Å². The number of hydrogen-bond acceptors (Lipinski definition) is 5. The molecule has 0 saturated carbocycles. The molecule has 1 aromatic rings. The van der Waals surface area contributed by atoms with Gasteiger partial charge in [-0.15, -0.1) is 0 Å². The molecule has 0 radical (unpaired) electrons. The van der Waals surface area contributed by atoms with E-state index in [1.54, 1.807) is 19.2 Å². The van der Waals surface area contributed by atoms with Crippen molar-refractivity contribution in [1.82, 2.24) is 0 Å². The molecule has 0 unspecified atom stereocenters. The van der Waals surface area contributed by atoms with Crippen LogP contribution in [0.3, 0.4) is 0 Å². The summed E-state index contributed by atoms with van der Waals surface area (Å²) in [6.07, 6.45) is 0.234. The summed E-state index contributed by atoms with van der Waals surface area (Å²) in [5, 5.41) is 2.77. The topological polar surface area (TPSA) is 82.8 Å². The molecule has 2 rings (SSSR count). The molecule has 0 aromatic heterocycles. The Morgan fingerprint density at radius 1 is 1.35 bits per heavy atom. The number of hydrogen-bond donors (Lipinski definition) is 2. The molecule has 0 bridgehead atoms. The lowest BCUT2D eigenvalue weighted by Crippen LogP contribution is -2.29. The first-order chi connectivity index (χ1) is 9.41. The van der Waals surface area contributed by atoms with Crippen LogP contribution in [0.25, 0.3) is 0 Å². The zero-order valence-electron chi connectivity index (χ0n) is 12.0. The maximum absolute atomic E-state index is 12.0. The summed E-state index contributed by atoms with van der Waals surface area (Å²) in [4.78, 5) is 12.0. The van der Waals surface area contributed by atoms with Gasteiger partial charge < -0.3 is 25.3 Å². The minimum absolute atomic E-state index is 0.166. The molecule has 6 heteroatoms. The number of carbonyl (C=O) groups excluding carboxylic acids is 1. The van der Waals surface area contributed by atoms with Crippen molar-refractivity contribution in [3.63, 3.8) is 0 Å². The number of nitrogen functional groups attached to an aromatic ring is 1. The third kappa shape index (κ3) is 3.33. The van der Waals surface area contributed by atoms with Crippen LogP contribution in [0, 0.1) is 0 Å². The number of benzene rings is 1. The van der Waals surface area contributed by atoms with Crippen LogP contribution < -0.4 is 20.5 Å². The molecule has 1 aliphatic rings. The first kappa shape index (κ1) is 14.5. The van der Waals surface area contributed by atoms with Gasteiger partial charge in [0.1, 0.15) is 13.2 Å². The molecule has 0 fully saturated rings. The molecular weight excluding hydrogens is 260 g/mol. The van der Waals surface area contributed by atoms with Crippen LogP contribution in [-0.2, 0) is 9.53 Å². The third-order valence-electron chi connectivity index (χ3n) is 3.13. The normalized spacial score (nSPS) is 13.9. The minimum atomic E-state index is -0.521. The van der Waals surface area contributed by atoms with E-state index < -0.39 is 5.60 Å². The molecule has 0 saturated heterocycles. The van der Waals surface area contributed by atoms with Crippen molar-refractivity contribution in [1.29, 1.82) is 0 Å². The molecule has 1 aromatic carbocycles. The van der Waals surface area contributed by atoms with Crippen LogP contribution in [0.5, 0.6) is 11.5 Å². The summed E-state index contributed by atoms with van der Waals surface area (Å²) in [5.41, 5.74) is 6.35. The molecule has 1 heterocycles. The molecule has 3 N–H and O–H groups in total. The van der Waals surface area contributed by atoms with E-state index in [1.165, 1.54) is 0 Å². The smallest absolute Gasteiger partial charge is 0.227 e. The SMILES string of the molecule is COC(C)(C)CC(=O)Nc1cc2c(cc1N)OCCO2. The number of ether oxygens (including phenoxy) is 3. The average Bonchev–Trinajstić information content (AvgIpc) is 2.39. The van der Waals surface area contributed by atoms with E-state index in [-0.39, 0.29) is 12.3 Å². The Bertz CT molecular complexity index is 514. The van der Waals surface area contributed by atoms with Gasteiger partial charge in [0.05, 0.1) is 23.4 Å². The second-order valence-corrected chi connectivity index (χ2v) is 5.27. The lowest BCUT2D eigenvalue weighted by atomic mass is 10.0. The largest absolute Gasteiger partial charge is 0.486 e. The second kappa shape index (κ2) is 5.58. The maximum atomic E-state index is 12.0. The molecule has 6 nitrogen and oxygen atoms in total. The lowest BCUT2D eigenvalue weighted by Gasteiger charge is -2.23. The molecule has 1 aliphatic heterocycles. The Morgan fingerprint density at radius 2 is 1.95 bits per heavy atom. The first-order valence-electron chi connectivity index (χ1n) is 6.45. The summed E-state index contributed by atoms with van der Waals surface area (Å²) in [6, 6.07) is 3.34. The van der Waals surface area contributed by atoms with Gasteiger partial charge in [0, 0.05) is 19.2 Å². The fourth-order valence-electron chi connectivity index (χ4n) is 1.87. The number of rotatable bonds is 4. The minimum Gasteiger partial charge on any atom is -0.486 e. The van der Waals surface area contributed by atoms with Gasteiger partial charge in [-0.05, 0) is 13.8 Å². The van der Waals surface area contributed by atoms with Crippen LogP contribution in [0.15, 0.2) is 12.1 Å². The fourth-order valence-corrected chi connectivity index (χ4v) is 1.87. The Labute approximate surface area is 118 Å². The number of carbonyl (C=O) groups is 1. The van der Waals surface area contributed by atoms with Crippen LogP contribution in [0.4, 0.5) is 11.4 Å². The van der Waals surface area contributed by atoms with Crippen molar-refractivity contribution in [3.05, 3.63) is 12.1 Å². The standard InChI is InChI=1S/C14H20N2O4/c1-14(2,18-3)8-13(17)16-10-7-12-11(6-9(10)15)19-4-5-20-12/h6-7H,4-5,8,15H2,1-3H3,(H,16,17).